The predicted octanol–water partition coefficient (Wildman–Crippen LogP) is -1.01. The van der Waals surface area contributed by atoms with E-state index in [4.69, 9.17) is 5.11 Å². The van der Waals surface area contributed by atoms with Crippen molar-refractivity contribution in [3.63, 3.8) is 0 Å². The molecule has 0 spiro atoms. The van der Waals surface area contributed by atoms with Gasteiger partial charge in [0.25, 0.3) is 5.91 Å². The molecule has 60 valence electrons. The number of aliphatic hydroxyl groups excluding tert-OH is 1. The molecule has 1 aliphatic rings. The van der Waals surface area contributed by atoms with E-state index in [0.29, 0.717) is 10.9 Å². The maximum absolute atomic E-state index is 11.1. The SMILES string of the molecule is O=C1N=c2ccccc2=C1CO. The fraction of sp³-hybridized carbons (Fsp3) is 0.111. The summed E-state index contributed by atoms with van der Waals surface area (Å²) in [5.74, 6) is -0.321. The minimum Gasteiger partial charge on any atom is -0.391 e. The number of fused-ring (bicyclic) bond motifs is 1. The Labute approximate surface area is 68.7 Å². The van der Waals surface area contributed by atoms with Crippen LogP contribution in [0.4, 0.5) is 0 Å². The first kappa shape index (κ1) is 7.18. The van der Waals surface area contributed by atoms with Crippen molar-refractivity contribution in [3.8, 4) is 0 Å². The van der Waals surface area contributed by atoms with Crippen molar-refractivity contribution in [2.45, 2.75) is 0 Å². The molecule has 2 rings (SSSR count). The Hall–Kier alpha value is -1.48. The monoisotopic (exact) mass is 161 g/mol. The second kappa shape index (κ2) is 2.53. The first-order valence-electron chi connectivity index (χ1n) is 3.65. The maximum Gasteiger partial charge on any atom is 0.276 e. The number of aliphatic hydroxyl groups is 1. The molecular formula is C9H7NO2. The normalized spacial score (nSPS) is 14.4. The van der Waals surface area contributed by atoms with Gasteiger partial charge in [-0.15, -0.1) is 0 Å². The van der Waals surface area contributed by atoms with Crippen molar-refractivity contribution < 1.29 is 9.90 Å². The number of amides is 1. The zero-order valence-corrected chi connectivity index (χ0v) is 6.32. The molecule has 0 saturated heterocycles. The molecule has 1 heterocycles. The second-order valence-electron chi connectivity index (χ2n) is 2.57. The van der Waals surface area contributed by atoms with Gasteiger partial charge in [0.2, 0.25) is 0 Å². The van der Waals surface area contributed by atoms with E-state index in [2.05, 4.69) is 4.99 Å². The van der Waals surface area contributed by atoms with Gasteiger partial charge in [-0.2, -0.15) is 0 Å². The molecule has 0 radical (unpaired) electrons. The van der Waals surface area contributed by atoms with E-state index in [0.717, 1.165) is 5.22 Å². The summed E-state index contributed by atoms with van der Waals surface area (Å²) in [7, 11) is 0. The third-order valence-corrected chi connectivity index (χ3v) is 1.87. The molecule has 0 aromatic heterocycles. The first-order chi connectivity index (χ1) is 5.83. The summed E-state index contributed by atoms with van der Waals surface area (Å²) in [6.45, 7) is -0.237. The van der Waals surface area contributed by atoms with Crippen LogP contribution in [0.15, 0.2) is 29.3 Å². The highest BCUT2D eigenvalue weighted by Gasteiger charge is 2.13. The summed E-state index contributed by atoms with van der Waals surface area (Å²) in [6.07, 6.45) is 0. The zero-order chi connectivity index (χ0) is 8.55. The Morgan fingerprint density at radius 1 is 1.33 bits per heavy atom. The van der Waals surface area contributed by atoms with Gasteiger partial charge in [0, 0.05) is 5.22 Å². The van der Waals surface area contributed by atoms with Crippen LogP contribution in [0, 0.1) is 0 Å². The molecule has 3 nitrogen and oxygen atoms in total. The number of carbonyl (C=O) groups excluding carboxylic acids is 1. The van der Waals surface area contributed by atoms with Crippen molar-refractivity contribution in [2.75, 3.05) is 6.61 Å². The summed E-state index contributed by atoms with van der Waals surface area (Å²) < 4.78 is 0. The topological polar surface area (TPSA) is 49.7 Å². The molecule has 1 aromatic carbocycles. The molecule has 0 fully saturated rings. The van der Waals surface area contributed by atoms with Crippen LogP contribution < -0.4 is 10.6 Å². The van der Waals surface area contributed by atoms with Gasteiger partial charge in [-0.3, -0.25) is 4.79 Å². The van der Waals surface area contributed by atoms with Crippen molar-refractivity contribution in [1.29, 1.82) is 0 Å². The molecule has 1 aliphatic heterocycles. The Morgan fingerprint density at radius 3 is 2.83 bits per heavy atom. The van der Waals surface area contributed by atoms with Crippen molar-refractivity contribution in [3.05, 3.63) is 34.8 Å². The van der Waals surface area contributed by atoms with Crippen LogP contribution in [-0.4, -0.2) is 17.6 Å². The molecule has 0 bridgehead atoms. The van der Waals surface area contributed by atoms with Crippen molar-refractivity contribution in [1.82, 2.24) is 0 Å². The molecule has 1 N–H and O–H groups in total. The number of carbonyl (C=O) groups is 1. The van der Waals surface area contributed by atoms with Crippen LogP contribution in [0.25, 0.3) is 5.57 Å². The number of hydrogen-bond acceptors (Lipinski definition) is 2. The van der Waals surface area contributed by atoms with Crippen LogP contribution >= 0.6 is 0 Å². The van der Waals surface area contributed by atoms with Crippen LogP contribution in [0.1, 0.15) is 0 Å². The molecule has 1 amide bonds. The van der Waals surface area contributed by atoms with Crippen LogP contribution in [0.3, 0.4) is 0 Å². The lowest BCUT2D eigenvalue weighted by Crippen LogP contribution is -2.23. The van der Waals surface area contributed by atoms with Crippen LogP contribution in [-0.2, 0) is 4.79 Å². The lowest BCUT2D eigenvalue weighted by Gasteiger charge is -1.89. The summed E-state index contributed by atoms with van der Waals surface area (Å²) >= 11 is 0. The molecule has 0 saturated carbocycles. The average Bonchev–Trinajstić information content (AvgIpc) is 2.40. The maximum atomic E-state index is 11.1. The third-order valence-electron chi connectivity index (χ3n) is 1.87. The molecule has 12 heavy (non-hydrogen) atoms. The first-order valence-corrected chi connectivity index (χ1v) is 3.65. The van der Waals surface area contributed by atoms with Gasteiger partial charge >= 0.3 is 0 Å². The Morgan fingerprint density at radius 2 is 2.08 bits per heavy atom. The van der Waals surface area contributed by atoms with E-state index in [1.807, 2.05) is 12.1 Å². The highest BCUT2D eigenvalue weighted by molar-refractivity contribution is 6.15. The number of benzene rings is 1. The van der Waals surface area contributed by atoms with Gasteiger partial charge in [-0.25, -0.2) is 4.99 Å². The van der Waals surface area contributed by atoms with Crippen LogP contribution in [0.2, 0.25) is 0 Å². The lowest BCUT2D eigenvalue weighted by atomic mass is 10.2. The van der Waals surface area contributed by atoms with Crippen molar-refractivity contribution >= 4 is 11.5 Å². The number of nitrogens with zero attached hydrogens (tertiary/aromatic N) is 1. The largest absolute Gasteiger partial charge is 0.391 e. The van der Waals surface area contributed by atoms with Gasteiger partial charge in [0.15, 0.2) is 0 Å². The van der Waals surface area contributed by atoms with Gasteiger partial charge in [-0.1, -0.05) is 18.2 Å². The van der Waals surface area contributed by atoms with E-state index in [-0.39, 0.29) is 12.5 Å². The van der Waals surface area contributed by atoms with E-state index < -0.39 is 0 Å². The van der Waals surface area contributed by atoms with E-state index in [1.165, 1.54) is 0 Å². The molecule has 3 heteroatoms. The average molecular weight is 161 g/mol. The summed E-state index contributed by atoms with van der Waals surface area (Å²) in [4.78, 5) is 14.9. The third kappa shape index (κ3) is 0.871. The quantitative estimate of drug-likeness (QED) is 0.573. The van der Waals surface area contributed by atoms with E-state index in [1.54, 1.807) is 12.1 Å². The molecule has 1 aromatic rings. The standard InChI is InChI=1S/C9H7NO2/c11-5-7-6-3-1-2-4-8(6)10-9(7)12/h1-4,11H,5H2. The highest BCUT2D eigenvalue weighted by Crippen LogP contribution is 1.97. The fourth-order valence-corrected chi connectivity index (χ4v) is 1.27. The summed E-state index contributed by atoms with van der Waals surface area (Å²) in [5.41, 5.74) is 0.394. The van der Waals surface area contributed by atoms with Gasteiger partial charge in [-0.05, 0) is 6.07 Å². The molecule has 0 atom stereocenters. The molecular weight excluding hydrogens is 154 g/mol. The second-order valence-corrected chi connectivity index (χ2v) is 2.57. The molecule has 0 aliphatic carbocycles. The van der Waals surface area contributed by atoms with Crippen LogP contribution in [0.5, 0.6) is 0 Å². The summed E-state index contributed by atoms with van der Waals surface area (Å²) in [5, 5.41) is 10.3. The Balaban J connectivity index is 2.88. The molecule has 0 unspecified atom stereocenters. The minimum absolute atomic E-state index is 0.237. The van der Waals surface area contributed by atoms with E-state index in [9.17, 15) is 4.79 Å². The summed E-state index contributed by atoms with van der Waals surface area (Å²) in [6, 6.07) is 7.18. The van der Waals surface area contributed by atoms with Crippen molar-refractivity contribution in [2.24, 2.45) is 4.99 Å². The Kier molecular flexibility index (Phi) is 1.52. The fourth-order valence-electron chi connectivity index (χ4n) is 1.27. The zero-order valence-electron chi connectivity index (χ0n) is 6.32. The predicted molar refractivity (Wildman–Crippen MR) is 42.7 cm³/mol. The lowest BCUT2D eigenvalue weighted by molar-refractivity contribution is -0.113. The minimum atomic E-state index is -0.321. The van der Waals surface area contributed by atoms with Gasteiger partial charge in [0.1, 0.15) is 0 Å². The number of hydrogen-bond donors (Lipinski definition) is 1. The van der Waals surface area contributed by atoms with E-state index >= 15 is 0 Å². The van der Waals surface area contributed by atoms with Gasteiger partial charge < -0.3 is 5.11 Å². The smallest absolute Gasteiger partial charge is 0.276 e. The number of rotatable bonds is 1. The Bertz CT molecular complexity index is 448. The number of para-hydroxylation sites is 1. The van der Waals surface area contributed by atoms with Gasteiger partial charge in [0.05, 0.1) is 17.5 Å². The highest BCUT2D eigenvalue weighted by atomic mass is 16.3.